The highest BCUT2D eigenvalue weighted by atomic mass is 16.2. The summed E-state index contributed by atoms with van der Waals surface area (Å²) in [7, 11) is 0. The summed E-state index contributed by atoms with van der Waals surface area (Å²) in [6.07, 6.45) is 1.10. The van der Waals surface area contributed by atoms with Gasteiger partial charge in [-0.3, -0.25) is 9.59 Å². The third-order valence-corrected chi connectivity index (χ3v) is 5.86. The first-order chi connectivity index (χ1) is 14.0. The fourth-order valence-electron chi connectivity index (χ4n) is 4.43. The number of hydrogen-bond donors (Lipinski definition) is 1. The van der Waals surface area contributed by atoms with Gasteiger partial charge in [-0.15, -0.1) is 0 Å². The van der Waals surface area contributed by atoms with E-state index >= 15 is 0 Å². The maximum absolute atomic E-state index is 13.0. The molecule has 2 atom stereocenters. The van der Waals surface area contributed by atoms with Crippen LogP contribution in [-0.4, -0.2) is 23.3 Å². The molecule has 3 aromatic rings. The van der Waals surface area contributed by atoms with E-state index in [2.05, 4.69) is 35.6 Å². The predicted molar refractivity (Wildman–Crippen MR) is 115 cm³/mol. The summed E-state index contributed by atoms with van der Waals surface area (Å²) in [5.74, 6) is -0.0298. The Bertz CT molecular complexity index is 1050. The smallest absolute Gasteiger partial charge is 0.222 e. The normalized spacial score (nSPS) is 16.9. The summed E-state index contributed by atoms with van der Waals surface area (Å²) in [4.78, 5) is 27.0. The van der Waals surface area contributed by atoms with E-state index in [4.69, 9.17) is 0 Å². The second kappa shape index (κ2) is 8.08. The molecule has 4 nitrogen and oxygen atoms in total. The van der Waals surface area contributed by atoms with E-state index < -0.39 is 0 Å². The molecule has 1 aliphatic heterocycles. The fraction of sp³-hybridized carbons (Fsp3) is 0.280. The molecule has 0 bridgehead atoms. The Labute approximate surface area is 171 Å². The summed E-state index contributed by atoms with van der Waals surface area (Å²) in [6, 6.07) is 22.2. The third kappa shape index (κ3) is 3.88. The lowest BCUT2D eigenvalue weighted by molar-refractivity contribution is -0.133. The van der Waals surface area contributed by atoms with Gasteiger partial charge >= 0.3 is 0 Å². The Morgan fingerprint density at radius 2 is 1.76 bits per heavy atom. The Morgan fingerprint density at radius 1 is 1.03 bits per heavy atom. The molecular weight excluding hydrogens is 360 g/mol. The molecule has 1 aliphatic rings. The number of amides is 2. The maximum atomic E-state index is 13.0. The third-order valence-electron chi connectivity index (χ3n) is 5.86. The molecule has 4 heteroatoms. The highest BCUT2D eigenvalue weighted by molar-refractivity contribution is 5.87. The molecule has 0 aliphatic carbocycles. The van der Waals surface area contributed by atoms with Crippen LogP contribution in [0.3, 0.4) is 0 Å². The van der Waals surface area contributed by atoms with Crippen LogP contribution in [0.4, 0.5) is 0 Å². The number of hydrogen-bond acceptors (Lipinski definition) is 2. The zero-order chi connectivity index (χ0) is 20.4. The second-order valence-corrected chi connectivity index (χ2v) is 7.74. The largest absolute Gasteiger partial charge is 0.349 e. The molecule has 3 aromatic carbocycles. The molecule has 4 rings (SSSR count). The Balaban J connectivity index is 1.55. The molecule has 29 heavy (non-hydrogen) atoms. The standard InChI is InChI=1S/C25H26N2O2/c1-17(21-13-7-10-19-8-3-5-11-22(19)21)26-25(29)16-24-23-12-6-4-9-20(23)14-15-27(24)18(2)28/h3-13,17,24H,14-16H2,1-2H3,(H,26,29). The lowest BCUT2D eigenvalue weighted by atomic mass is 9.90. The van der Waals surface area contributed by atoms with Crippen molar-refractivity contribution >= 4 is 22.6 Å². The second-order valence-electron chi connectivity index (χ2n) is 7.74. The van der Waals surface area contributed by atoms with E-state index in [0.717, 1.165) is 28.3 Å². The summed E-state index contributed by atoms with van der Waals surface area (Å²) in [5, 5.41) is 5.46. The van der Waals surface area contributed by atoms with Crippen molar-refractivity contribution in [1.29, 1.82) is 0 Å². The number of fused-ring (bicyclic) bond motifs is 2. The molecule has 1 N–H and O–H groups in total. The zero-order valence-corrected chi connectivity index (χ0v) is 16.9. The number of rotatable bonds is 4. The molecule has 0 radical (unpaired) electrons. The first-order valence-electron chi connectivity index (χ1n) is 10.2. The van der Waals surface area contributed by atoms with Crippen molar-refractivity contribution in [3.05, 3.63) is 83.4 Å². The number of benzene rings is 3. The molecule has 0 saturated carbocycles. The first kappa shape index (κ1) is 19.2. The van der Waals surface area contributed by atoms with Crippen LogP contribution >= 0.6 is 0 Å². The Morgan fingerprint density at radius 3 is 2.59 bits per heavy atom. The number of carbonyl (C=O) groups excluding carboxylic acids is 2. The molecule has 0 spiro atoms. The van der Waals surface area contributed by atoms with Gasteiger partial charge in [0.25, 0.3) is 0 Å². The molecule has 0 saturated heterocycles. The maximum Gasteiger partial charge on any atom is 0.222 e. The van der Waals surface area contributed by atoms with Gasteiger partial charge in [-0.05, 0) is 40.8 Å². The quantitative estimate of drug-likeness (QED) is 0.715. The van der Waals surface area contributed by atoms with Crippen molar-refractivity contribution < 1.29 is 9.59 Å². The van der Waals surface area contributed by atoms with Gasteiger partial charge in [-0.1, -0.05) is 66.7 Å². The van der Waals surface area contributed by atoms with Gasteiger partial charge in [0.15, 0.2) is 0 Å². The van der Waals surface area contributed by atoms with Crippen LogP contribution in [0.5, 0.6) is 0 Å². The van der Waals surface area contributed by atoms with Crippen LogP contribution in [-0.2, 0) is 16.0 Å². The van der Waals surface area contributed by atoms with E-state index in [9.17, 15) is 9.59 Å². The molecule has 2 unspecified atom stereocenters. The average molecular weight is 386 g/mol. The molecule has 148 valence electrons. The summed E-state index contributed by atoms with van der Waals surface area (Å²) < 4.78 is 0. The highest BCUT2D eigenvalue weighted by Crippen LogP contribution is 2.32. The monoisotopic (exact) mass is 386 g/mol. The molecule has 1 heterocycles. The first-order valence-corrected chi connectivity index (χ1v) is 10.2. The van der Waals surface area contributed by atoms with Gasteiger partial charge in [0.05, 0.1) is 18.5 Å². The van der Waals surface area contributed by atoms with Crippen molar-refractivity contribution in [2.24, 2.45) is 0 Å². The van der Waals surface area contributed by atoms with Crippen LogP contribution in [0.1, 0.15) is 49.0 Å². The average Bonchev–Trinajstić information content (AvgIpc) is 2.73. The topological polar surface area (TPSA) is 49.4 Å². The van der Waals surface area contributed by atoms with E-state index in [1.807, 2.05) is 48.2 Å². The van der Waals surface area contributed by atoms with Crippen molar-refractivity contribution in [1.82, 2.24) is 10.2 Å². The summed E-state index contributed by atoms with van der Waals surface area (Å²) >= 11 is 0. The van der Waals surface area contributed by atoms with E-state index in [-0.39, 0.29) is 30.3 Å². The lowest BCUT2D eigenvalue weighted by Gasteiger charge is -2.36. The van der Waals surface area contributed by atoms with Gasteiger partial charge in [-0.25, -0.2) is 0 Å². The molecule has 0 fully saturated rings. The van der Waals surface area contributed by atoms with E-state index in [1.54, 1.807) is 6.92 Å². The van der Waals surface area contributed by atoms with Crippen molar-refractivity contribution in [3.8, 4) is 0 Å². The highest BCUT2D eigenvalue weighted by Gasteiger charge is 2.31. The van der Waals surface area contributed by atoms with Gasteiger partial charge < -0.3 is 10.2 Å². The van der Waals surface area contributed by atoms with Gasteiger partial charge in [-0.2, -0.15) is 0 Å². The Kier molecular flexibility index (Phi) is 5.34. The van der Waals surface area contributed by atoms with Gasteiger partial charge in [0.2, 0.25) is 11.8 Å². The van der Waals surface area contributed by atoms with Crippen LogP contribution in [0.15, 0.2) is 66.7 Å². The minimum absolute atomic E-state index is 0.0133. The van der Waals surface area contributed by atoms with Gasteiger partial charge in [0.1, 0.15) is 0 Å². The molecule has 2 amide bonds. The van der Waals surface area contributed by atoms with E-state index in [0.29, 0.717) is 6.54 Å². The van der Waals surface area contributed by atoms with Gasteiger partial charge in [0, 0.05) is 13.5 Å². The van der Waals surface area contributed by atoms with Crippen LogP contribution < -0.4 is 5.32 Å². The predicted octanol–water partition coefficient (Wildman–Crippen LogP) is 4.55. The van der Waals surface area contributed by atoms with Crippen molar-refractivity contribution in [2.75, 3.05) is 6.54 Å². The number of nitrogens with zero attached hydrogens (tertiary/aromatic N) is 1. The van der Waals surface area contributed by atoms with Crippen molar-refractivity contribution in [3.63, 3.8) is 0 Å². The summed E-state index contributed by atoms with van der Waals surface area (Å²) in [5.41, 5.74) is 3.41. The Hall–Kier alpha value is -3.14. The van der Waals surface area contributed by atoms with Crippen LogP contribution in [0, 0.1) is 0 Å². The zero-order valence-electron chi connectivity index (χ0n) is 16.9. The fourth-order valence-corrected chi connectivity index (χ4v) is 4.43. The summed E-state index contributed by atoms with van der Waals surface area (Å²) in [6.45, 7) is 4.25. The van der Waals surface area contributed by atoms with Crippen molar-refractivity contribution in [2.45, 2.75) is 38.8 Å². The SMILES string of the molecule is CC(=O)N1CCc2ccccc2C1CC(=O)NC(C)c1cccc2ccccc12. The molecular formula is C25H26N2O2. The lowest BCUT2D eigenvalue weighted by Crippen LogP contribution is -2.41. The van der Waals surface area contributed by atoms with E-state index in [1.165, 1.54) is 5.56 Å². The minimum Gasteiger partial charge on any atom is -0.349 e. The molecule has 0 aromatic heterocycles. The van der Waals surface area contributed by atoms with Crippen LogP contribution in [0.25, 0.3) is 10.8 Å². The van der Waals surface area contributed by atoms with Crippen LogP contribution in [0.2, 0.25) is 0 Å². The number of nitrogens with one attached hydrogen (secondary N) is 1. The number of carbonyl (C=O) groups is 2. The minimum atomic E-state index is -0.211.